The molecule has 1 saturated carbocycles. The third-order valence-electron chi connectivity index (χ3n) is 5.44. The summed E-state index contributed by atoms with van der Waals surface area (Å²) in [6.45, 7) is 6.24. The molecule has 1 saturated heterocycles. The predicted octanol–water partition coefficient (Wildman–Crippen LogP) is 1.95. The van der Waals surface area contributed by atoms with Crippen LogP contribution in [0, 0.1) is 5.41 Å². The fourth-order valence-corrected chi connectivity index (χ4v) is 3.61. The van der Waals surface area contributed by atoms with E-state index in [4.69, 9.17) is 4.74 Å². The number of hydrogen-bond donors (Lipinski definition) is 2. The molecule has 1 aromatic rings. The van der Waals surface area contributed by atoms with E-state index in [-0.39, 0.29) is 23.7 Å². The summed E-state index contributed by atoms with van der Waals surface area (Å²) in [5.41, 5.74) is 0.642. The predicted molar refractivity (Wildman–Crippen MR) is 98.1 cm³/mol. The summed E-state index contributed by atoms with van der Waals surface area (Å²) in [5, 5.41) is 14.6. The normalized spacial score (nSPS) is 19.7. The van der Waals surface area contributed by atoms with E-state index < -0.39 is 0 Å². The van der Waals surface area contributed by atoms with Crippen molar-refractivity contribution in [3.8, 4) is 0 Å². The first-order valence-corrected chi connectivity index (χ1v) is 9.21. The third kappa shape index (κ3) is 5.15. The Morgan fingerprint density at radius 2 is 2.20 bits per heavy atom. The average molecular weight is 372 g/mol. The van der Waals surface area contributed by atoms with Crippen molar-refractivity contribution in [3.63, 3.8) is 0 Å². The fraction of sp³-hybridized carbons (Fsp3) is 0.824. The number of aromatic nitrogens is 3. The van der Waals surface area contributed by atoms with Crippen LogP contribution in [0.15, 0.2) is 6.20 Å². The molecule has 8 heteroatoms. The molecule has 0 unspecified atom stereocenters. The molecular weight excluding hydrogens is 342 g/mol. The van der Waals surface area contributed by atoms with Crippen LogP contribution >= 0.6 is 12.4 Å². The molecule has 2 N–H and O–H groups in total. The van der Waals surface area contributed by atoms with Crippen molar-refractivity contribution in [3.05, 3.63) is 11.9 Å². The van der Waals surface area contributed by atoms with Gasteiger partial charge >= 0.3 is 0 Å². The molecule has 2 aliphatic rings. The van der Waals surface area contributed by atoms with E-state index in [0.29, 0.717) is 18.3 Å². The largest absolute Gasteiger partial charge is 0.382 e. The second-order valence-corrected chi connectivity index (χ2v) is 7.05. The number of hydrogen-bond acceptors (Lipinski definition) is 5. The van der Waals surface area contributed by atoms with Gasteiger partial charge in [0.1, 0.15) is 0 Å². The third-order valence-corrected chi connectivity index (χ3v) is 5.44. The highest BCUT2D eigenvalue weighted by Gasteiger charge is 2.37. The first-order valence-electron chi connectivity index (χ1n) is 9.21. The molecule has 0 bridgehead atoms. The summed E-state index contributed by atoms with van der Waals surface area (Å²) in [6.07, 6.45) is 8.45. The Kier molecular flexibility index (Phi) is 7.65. The van der Waals surface area contributed by atoms with Crippen LogP contribution in [0.5, 0.6) is 0 Å². The van der Waals surface area contributed by atoms with E-state index in [1.165, 1.54) is 19.3 Å². The number of piperidine rings is 1. The van der Waals surface area contributed by atoms with Crippen LogP contribution in [0.25, 0.3) is 0 Å². The zero-order valence-corrected chi connectivity index (χ0v) is 15.8. The summed E-state index contributed by atoms with van der Waals surface area (Å²) in [5.74, 6) is -0.113. The molecule has 2 heterocycles. The van der Waals surface area contributed by atoms with Gasteiger partial charge in [0.05, 0.1) is 12.2 Å². The Bertz CT molecular complexity index is 541. The Balaban J connectivity index is 0.00000225. The zero-order chi connectivity index (χ0) is 16.8. The molecule has 1 aliphatic carbocycles. The number of ether oxygens (including phenoxy) is 1. The van der Waals surface area contributed by atoms with Gasteiger partial charge in [-0.1, -0.05) is 11.6 Å². The minimum absolute atomic E-state index is 0. The molecule has 0 radical (unpaired) electrons. The lowest BCUT2D eigenvalue weighted by Gasteiger charge is -2.42. The van der Waals surface area contributed by atoms with Gasteiger partial charge in [-0.05, 0) is 57.5 Å². The van der Waals surface area contributed by atoms with Gasteiger partial charge in [-0.25, -0.2) is 4.68 Å². The van der Waals surface area contributed by atoms with Gasteiger partial charge in [0, 0.05) is 19.8 Å². The molecule has 2 fully saturated rings. The number of rotatable bonds is 8. The topological polar surface area (TPSA) is 81.1 Å². The molecule has 0 spiro atoms. The van der Waals surface area contributed by atoms with E-state index in [1.807, 2.05) is 11.6 Å². The van der Waals surface area contributed by atoms with Crippen molar-refractivity contribution in [2.24, 2.45) is 5.41 Å². The molecule has 1 aliphatic heterocycles. The highest BCUT2D eigenvalue weighted by Crippen LogP contribution is 2.43. The van der Waals surface area contributed by atoms with Crippen molar-refractivity contribution >= 4 is 18.3 Å². The maximum absolute atomic E-state index is 12.4. The van der Waals surface area contributed by atoms with Gasteiger partial charge in [-0.3, -0.25) is 4.79 Å². The van der Waals surface area contributed by atoms with Gasteiger partial charge in [0.2, 0.25) is 0 Å². The second-order valence-electron chi connectivity index (χ2n) is 7.05. The Hall–Kier alpha value is -1.18. The number of nitrogens with zero attached hydrogens (tertiary/aromatic N) is 3. The van der Waals surface area contributed by atoms with Crippen molar-refractivity contribution in [2.75, 3.05) is 32.8 Å². The van der Waals surface area contributed by atoms with Crippen LogP contribution in [0.1, 0.15) is 62.0 Å². The Labute approximate surface area is 155 Å². The second kappa shape index (κ2) is 9.50. The average Bonchev–Trinajstić information content (AvgIpc) is 3.07. The quantitative estimate of drug-likeness (QED) is 0.682. The minimum Gasteiger partial charge on any atom is -0.382 e. The fourth-order valence-electron chi connectivity index (χ4n) is 3.61. The molecular formula is C17H30ClN5O2. The van der Waals surface area contributed by atoms with Gasteiger partial charge in [-0.15, -0.1) is 17.5 Å². The number of carbonyl (C=O) groups excluding carboxylic acids is 1. The lowest BCUT2D eigenvalue weighted by Crippen LogP contribution is -2.43. The first-order chi connectivity index (χ1) is 11.7. The summed E-state index contributed by atoms with van der Waals surface area (Å²) < 4.78 is 7.33. The SMILES string of the molecule is CCOCCC1(CNC(=O)c2cn(C3CCNCC3)nn2)CCC1.Cl. The number of carbonyl (C=O) groups is 1. The minimum atomic E-state index is -0.113. The number of amides is 1. The molecule has 142 valence electrons. The Morgan fingerprint density at radius 1 is 1.44 bits per heavy atom. The number of halogens is 1. The van der Waals surface area contributed by atoms with Crippen LogP contribution < -0.4 is 10.6 Å². The lowest BCUT2D eigenvalue weighted by atomic mass is 9.67. The molecule has 0 aromatic carbocycles. The van der Waals surface area contributed by atoms with Gasteiger partial charge < -0.3 is 15.4 Å². The van der Waals surface area contributed by atoms with E-state index in [1.54, 1.807) is 6.20 Å². The molecule has 1 aromatic heterocycles. The van der Waals surface area contributed by atoms with Crippen molar-refractivity contribution in [2.45, 2.75) is 51.5 Å². The van der Waals surface area contributed by atoms with E-state index >= 15 is 0 Å². The molecule has 1 amide bonds. The van der Waals surface area contributed by atoms with Crippen LogP contribution in [-0.4, -0.2) is 53.7 Å². The van der Waals surface area contributed by atoms with Gasteiger partial charge in [0.15, 0.2) is 5.69 Å². The van der Waals surface area contributed by atoms with Crippen molar-refractivity contribution in [1.29, 1.82) is 0 Å². The first kappa shape index (κ1) is 20.1. The maximum atomic E-state index is 12.4. The van der Waals surface area contributed by atoms with Crippen LogP contribution in [0.4, 0.5) is 0 Å². The molecule has 3 rings (SSSR count). The Morgan fingerprint density at radius 3 is 2.84 bits per heavy atom. The summed E-state index contributed by atoms with van der Waals surface area (Å²) in [4.78, 5) is 12.4. The van der Waals surface area contributed by atoms with Crippen molar-refractivity contribution < 1.29 is 9.53 Å². The summed E-state index contributed by atoms with van der Waals surface area (Å²) >= 11 is 0. The van der Waals surface area contributed by atoms with E-state index in [2.05, 4.69) is 20.9 Å². The number of nitrogens with one attached hydrogen (secondary N) is 2. The highest BCUT2D eigenvalue weighted by molar-refractivity contribution is 5.91. The van der Waals surface area contributed by atoms with Gasteiger partial charge in [-0.2, -0.15) is 0 Å². The summed E-state index contributed by atoms with van der Waals surface area (Å²) in [6, 6.07) is 0.351. The van der Waals surface area contributed by atoms with E-state index in [0.717, 1.165) is 45.6 Å². The molecule has 0 atom stereocenters. The van der Waals surface area contributed by atoms with Crippen molar-refractivity contribution in [1.82, 2.24) is 25.6 Å². The summed E-state index contributed by atoms with van der Waals surface area (Å²) in [7, 11) is 0. The molecule has 25 heavy (non-hydrogen) atoms. The standard InChI is InChI=1S/C17H29N5O2.ClH/c1-2-24-11-8-17(6-3-7-17)13-19-16(23)15-12-22(21-20-15)14-4-9-18-10-5-14;/h12,14,18H,2-11,13H2,1H3,(H,19,23);1H. The molecule has 7 nitrogen and oxygen atoms in total. The van der Waals surface area contributed by atoms with Crippen LogP contribution in [0.3, 0.4) is 0 Å². The monoisotopic (exact) mass is 371 g/mol. The van der Waals surface area contributed by atoms with Crippen LogP contribution in [0.2, 0.25) is 0 Å². The maximum Gasteiger partial charge on any atom is 0.273 e. The van der Waals surface area contributed by atoms with Gasteiger partial charge in [0.25, 0.3) is 5.91 Å². The lowest BCUT2D eigenvalue weighted by molar-refractivity contribution is 0.0512. The highest BCUT2D eigenvalue weighted by atomic mass is 35.5. The zero-order valence-electron chi connectivity index (χ0n) is 15.0. The smallest absolute Gasteiger partial charge is 0.273 e. The van der Waals surface area contributed by atoms with Crippen LogP contribution in [-0.2, 0) is 4.74 Å². The van der Waals surface area contributed by atoms with E-state index in [9.17, 15) is 4.79 Å².